The molecule has 0 amide bonds. The van der Waals surface area contributed by atoms with Gasteiger partial charge >= 0.3 is 22.1 Å². The molecule has 0 fully saturated rings. The Kier molecular flexibility index (Phi) is 3.08. The molecule has 0 aromatic rings. The van der Waals surface area contributed by atoms with Crippen LogP contribution in [0.25, 0.3) is 0 Å². The Hall–Kier alpha value is -2.26. The van der Waals surface area contributed by atoms with Crippen LogP contribution < -0.4 is 0 Å². The van der Waals surface area contributed by atoms with Crippen molar-refractivity contribution in [1.82, 2.24) is 0 Å². The van der Waals surface area contributed by atoms with E-state index in [4.69, 9.17) is 0 Å². The van der Waals surface area contributed by atoms with Crippen LogP contribution in [-0.2, 0) is 19.3 Å². The zero-order valence-corrected chi connectivity index (χ0v) is 5.16. The first-order chi connectivity index (χ1) is 5.43. The molecule has 0 aromatic heterocycles. The first kappa shape index (κ1) is 9.74. The smallest absolute Gasteiger partial charge is 0.257 e. The van der Waals surface area contributed by atoms with Crippen LogP contribution in [-0.4, -0.2) is 22.1 Å². The van der Waals surface area contributed by atoms with Gasteiger partial charge in [0.2, 0.25) is 0 Å². The SMILES string of the molecule is O=C(O[N+](=O)[O-])C(=O)O[N+](=O)[O-]. The molecule has 0 saturated carbocycles. The molecule has 0 bridgehead atoms. The molecule has 12 heavy (non-hydrogen) atoms. The van der Waals surface area contributed by atoms with Gasteiger partial charge in [0.05, 0.1) is 0 Å². The predicted molar refractivity (Wildman–Crippen MR) is 26.2 cm³/mol. The van der Waals surface area contributed by atoms with Gasteiger partial charge in [0.25, 0.3) is 0 Å². The molecule has 0 atom stereocenters. The number of rotatable bonds is 2. The lowest BCUT2D eigenvalue weighted by atomic mass is 10.7. The first-order valence-electron chi connectivity index (χ1n) is 2.16. The molecule has 0 aliphatic heterocycles. The largest absolute Gasteiger partial charge is 0.397 e. The lowest BCUT2D eigenvalue weighted by molar-refractivity contribution is -0.738. The Labute approximate surface area is 62.9 Å². The molecule has 66 valence electrons. The highest BCUT2D eigenvalue weighted by molar-refractivity contribution is 6.29. The van der Waals surface area contributed by atoms with Crippen LogP contribution >= 0.6 is 0 Å². The summed E-state index contributed by atoms with van der Waals surface area (Å²) in [4.78, 5) is 44.9. The van der Waals surface area contributed by atoms with E-state index in [1.165, 1.54) is 0 Å². The highest BCUT2D eigenvalue weighted by atomic mass is 17.0. The van der Waals surface area contributed by atoms with Crippen molar-refractivity contribution in [2.75, 3.05) is 0 Å². The van der Waals surface area contributed by atoms with E-state index in [2.05, 4.69) is 9.68 Å². The van der Waals surface area contributed by atoms with Gasteiger partial charge in [-0.15, -0.1) is 20.2 Å². The molecule has 0 aliphatic rings. The van der Waals surface area contributed by atoms with Crippen molar-refractivity contribution in [2.45, 2.75) is 0 Å². The van der Waals surface area contributed by atoms with E-state index in [9.17, 15) is 29.8 Å². The summed E-state index contributed by atoms with van der Waals surface area (Å²) < 4.78 is 0. The van der Waals surface area contributed by atoms with E-state index < -0.39 is 22.1 Å². The Morgan fingerprint density at radius 1 is 0.917 bits per heavy atom. The maximum atomic E-state index is 10.0. The summed E-state index contributed by atoms with van der Waals surface area (Å²) >= 11 is 0. The van der Waals surface area contributed by atoms with E-state index in [1.54, 1.807) is 0 Å². The van der Waals surface area contributed by atoms with Crippen LogP contribution in [0.2, 0.25) is 0 Å². The van der Waals surface area contributed by atoms with E-state index in [0.717, 1.165) is 0 Å². The average Bonchev–Trinajstić information content (AvgIpc) is 1.84. The van der Waals surface area contributed by atoms with Gasteiger partial charge in [0, 0.05) is 0 Å². The summed E-state index contributed by atoms with van der Waals surface area (Å²) in [6.45, 7) is 0. The summed E-state index contributed by atoms with van der Waals surface area (Å²) in [5.41, 5.74) is 0. The third kappa shape index (κ3) is 3.71. The van der Waals surface area contributed by atoms with Gasteiger partial charge in [0.1, 0.15) is 0 Å². The minimum atomic E-state index is -2.07. The molecule has 0 aliphatic carbocycles. The van der Waals surface area contributed by atoms with E-state index in [-0.39, 0.29) is 0 Å². The molecular formula is C2N2O8. The van der Waals surface area contributed by atoms with Crippen LogP contribution in [0.1, 0.15) is 0 Å². The monoisotopic (exact) mass is 180 g/mol. The summed E-state index contributed by atoms with van der Waals surface area (Å²) in [5.74, 6) is -4.15. The van der Waals surface area contributed by atoms with Crippen LogP contribution in [0.3, 0.4) is 0 Å². The Bertz CT molecular complexity index is 217. The van der Waals surface area contributed by atoms with Crippen LogP contribution in [0.5, 0.6) is 0 Å². The summed E-state index contributed by atoms with van der Waals surface area (Å²) in [6, 6.07) is 0. The minimum Gasteiger partial charge on any atom is -0.257 e. The highest BCUT2D eigenvalue weighted by Gasteiger charge is 2.21. The highest BCUT2D eigenvalue weighted by Crippen LogP contribution is 1.84. The fraction of sp³-hybridized carbons (Fsp3) is 0. The van der Waals surface area contributed by atoms with Crippen molar-refractivity contribution in [2.24, 2.45) is 0 Å². The van der Waals surface area contributed by atoms with E-state index in [1.807, 2.05) is 0 Å². The first-order valence-corrected chi connectivity index (χ1v) is 2.16. The Morgan fingerprint density at radius 2 is 1.17 bits per heavy atom. The third-order valence-corrected chi connectivity index (χ3v) is 0.482. The van der Waals surface area contributed by atoms with Crippen molar-refractivity contribution >= 4 is 11.9 Å². The maximum Gasteiger partial charge on any atom is 0.397 e. The van der Waals surface area contributed by atoms with Crippen molar-refractivity contribution in [3.8, 4) is 0 Å². The number of carbonyl (C=O) groups excluding carboxylic acids is 2. The number of carbonyl (C=O) groups is 2. The van der Waals surface area contributed by atoms with Gasteiger partial charge in [-0.05, 0) is 0 Å². The number of hydrogen-bond donors (Lipinski definition) is 0. The molecule has 0 heterocycles. The van der Waals surface area contributed by atoms with Crippen LogP contribution in [0.15, 0.2) is 0 Å². The molecule has 10 heteroatoms. The second-order valence-electron chi connectivity index (χ2n) is 1.20. The standard InChI is InChI=1S/C2N2O8/c5-1(11-3(7)8)2(6)12-4(9)10. The quantitative estimate of drug-likeness (QED) is 0.282. The second-order valence-corrected chi connectivity index (χ2v) is 1.20. The fourth-order valence-corrected chi connectivity index (χ4v) is 0.210. The molecular weight excluding hydrogens is 180 g/mol. The zero-order valence-electron chi connectivity index (χ0n) is 5.16. The van der Waals surface area contributed by atoms with Gasteiger partial charge in [-0.1, -0.05) is 0 Å². The summed E-state index contributed by atoms with van der Waals surface area (Å²) in [5, 5.41) is 15.6. The van der Waals surface area contributed by atoms with Crippen molar-refractivity contribution in [3.05, 3.63) is 20.2 Å². The van der Waals surface area contributed by atoms with Gasteiger partial charge in [-0.3, -0.25) is 9.59 Å². The molecule has 0 radical (unpaired) electrons. The van der Waals surface area contributed by atoms with Gasteiger partial charge in [-0.2, -0.15) is 0 Å². The second kappa shape index (κ2) is 3.80. The zero-order chi connectivity index (χ0) is 9.72. The van der Waals surface area contributed by atoms with Crippen LogP contribution in [0, 0.1) is 20.2 Å². The summed E-state index contributed by atoms with van der Waals surface area (Å²) in [6.07, 6.45) is 0. The molecule has 0 saturated heterocycles. The minimum absolute atomic E-state index is 1.59. The third-order valence-electron chi connectivity index (χ3n) is 0.482. The van der Waals surface area contributed by atoms with Gasteiger partial charge in [0.15, 0.2) is 0 Å². The van der Waals surface area contributed by atoms with Gasteiger partial charge in [-0.25, -0.2) is 9.68 Å². The van der Waals surface area contributed by atoms with Crippen molar-refractivity contribution in [3.63, 3.8) is 0 Å². The lowest BCUT2D eigenvalue weighted by Crippen LogP contribution is -2.24. The van der Waals surface area contributed by atoms with Crippen LogP contribution in [0.4, 0.5) is 0 Å². The van der Waals surface area contributed by atoms with Crippen molar-refractivity contribution < 1.29 is 29.4 Å². The molecule has 0 aromatic carbocycles. The van der Waals surface area contributed by atoms with Crippen molar-refractivity contribution in [1.29, 1.82) is 0 Å². The van der Waals surface area contributed by atoms with Gasteiger partial charge < -0.3 is 0 Å². The fourth-order valence-electron chi connectivity index (χ4n) is 0.210. The molecule has 0 rings (SSSR count). The normalized spacial score (nSPS) is 8.33. The maximum absolute atomic E-state index is 10.0. The molecule has 0 spiro atoms. The molecule has 10 nitrogen and oxygen atoms in total. The molecule has 0 N–H and O–H groups in total. The Balaban J connectivity index is 4.03. The Morgan fingerprint density at radius 3 is 1.33 bits per heavy atom. The van der Waals surface area contributed by atoms with E-state index in [0.29, 0.717) is 0 Å². The molecule has 0 unspecified atom stereocenters. The van der Waals surface area contributed by atoms with E-state index >= 15 is 0 Å². The average molecular weight is 180 g/mol. The number of nitrogens with zero attached hydrogens (tertiary/aromatic N) is 2. The topological polar surface area (TPSA) is 139 Å². The number of hydrogen-bond acceptors (Lipinski definition) is 8. The summed E-state index contributed by atoms with van der Waals surface area (Å²) in [7, 11) is 0. The lowest BCUT2D eigenvalue weighted by Gasteiger charge is -1.92. The predicted octanol–water partition coefficient (Wildman–Crippen LogP) is -1.54.